The van der Waals surface area contributed by atoms with Crippen LogP contribution in [0.25, 0.3) is 0 Å². The first-order valence-electron chi connectivity index (χ1n) is 5.96. The summed E-state index contributed by atoms with van der Waals surface area (Å²) in [6.07, 6.45) is 0. The van der Waals surface area contributed by atoms with Gasteiger partial charge in [0.15, 0.2) is 0 Å². The molecule has 1 aromatic rings. The van der Waals surface area contributed by atoms with Gasteiger partial charge in [-0.1, -0.05) is 59.7 Å². The van der Waals surface area contributed by atoms with E-state index in [9.17, 15) is 0 Å². The smallest absolute Gasteiger partial charge is 0.100 e. The quantitative estimate of drug-likeness (QED) is 0.571. The van der Waals surface area contributed by atoms with E-state index in [0.29, 0.717) is 0 Å². The normalized spacial score (nSPS) is 13.2. The predicted molar refractivity (Wildman–Crippen MR) is 78.3 cm³/mol. The molecule has 0 aliphatic heterocycles. The molecule has 0 unspecified atom stereocenters. The number of alkyl halides is 2. The third-order valence-corrected chi connectivity index (χ3v) is 3.44. The zero-order valence-electron chi connectivity index (χ0n) is 11.6. The summed E-state index contributed by atoms with van der Waals surface area (Å²) in [7, 11) is 0. The topological polar surface area (TPSA) is 0 Å². The summed E-state index contributed by atoms with van der Waals surface area (Å²) in [5.41, 5.74) is 3.78. The fourth-order valence-electron chi connectivity index (χ4n) is 1.64. The molecule has 0 bridgehead atoms. The highest BCUT2D eigenvalue weighted by atomic mass is 35.5. The fourth-order valence-corrected chi connectivity index (χ4v) is 1.90. The Balaban J connectivity index is 3.40. The van der Waals surface area contributed by atoms with Gasteiger partial charge in [-0.25, -0.2) is 0 Å². The van der Waals surface area contributed by atoms with Gasteiger partial charge in [-0.3, -0.25) is 0 Å². The van der Waals surface area contributed by atoms with Gasteiger partial charge in [-0.15, -0.1) is 23.2 Å². The summed E-state index contributed by atoms with van der Waals surface area (Å²) >= 11 is 12.0. The van der Waals surface area contributed by atoms with Crippen LogP contribution in [-0.2, 0) is 10.8 Å². The Kier molecular flexibility index (Phi) is 4.21. The highest BCUT2D eigenvalue weighted by molar-refractivity contribution is 6.44. The summed E-state index contributed by atoms with van der Waals surface area (Å²) < 4.78 is 0. The van der Waals surface area contributed by atoms with Crippen LogP contribution in [0.4, 0.5) is 0 Å². The average Bonchev–Trinajstić information content (AvgIpc) is 2.14. The van der Waals surface area contributed by atoms with E-state index in [4.69, 9.17) is 23.2 Å². The Bertz CT molecular complexity index is 360. The average molecular weight is 273 g/mol. The largest absolute Gasteiger partial charge is 0.132 e. The van der Waals surface area contributed by atoms with Crippen molar-refractivity contribution in [3.8, 4) is 0 Å². The number of benzene rings is 1. The second kappa shape index (κ2) is 4.82. The summed E-state index contributed by atoms with van der Waals surface area (Å²) in [6.45, 7) is 13.2. The van der Waals surface area contributed by atoms with E-state index in [0.717, 1.165) is 5.56 Å². The third kappa shape index (κ3) is 3.89. The van der Waals surface area contributed by atoms with E-state index in [-0.39, 0.29) is 10.8 Å². The molecule has 17 heavy (non-hydrogen) atoms. The minimum atomic E-state index is -0.460. The maximum absolute atomic E-state index is 6.01. The molecule has 0 N–H and O–H groups in total. The molecule has 96 valence electrons. The maximum atomic E-state index is 6.01. The molecule has 0 aliphatic rings. The zero-order chi connectivity index (χ0) is 13.4. The van der Waals surface area contributed by atoms with Crippen LogP contribution in [0.3, 0.4) is 0 Å². The van der Waals surface area contributed by atoms with Crippen molar-refractivity contribution >= 4 is 23.2 Å². The Morgan fingerprint density at radius 2 is 1.12 bits per heavy atom. The number of hydrogen-bond acceptors (Lipinski definition) is 0. The molecule has 0 saturated carbocycles. The molecule has 0 aromatic heterocycles. The highest BCUT2D eigenvalue weighted by Gasteiger charge is 2.21. The van der Waals surface area contributed by atoms with Crippen LogP contribution < -0.4 is 0 Å². The summed E-state index contributed by atoms with van der Waals surface area (Å²) in [4.78, 5) is -0.460. The van der Waals surface area contributed by atoms with Gasteiger partial charge in [0.1, 0.15) is 4.84 Å². The van der Waals surface area contributed by atoms with Gasteiger partial charge in [0.2, 0.25) is 0 Å². The SMILES string of the molecule is CC(C)(C)c1cc(C(Cl)Cl)cc(C(C)(C)C)c1. The Morgan fingerprint density at radius 3 is 1.35 bits per heavy atom. The summed E-state index contributed by atoms with van der Waals surface area (Å²) in [6, 6.07) is 6.49. The molecule has 0 amide bonds. The lowest BCUT2D eigenvalue weighted by molar-refractivity contribution is 0.567. The second-order valence-corrected chi connectivity index (χ2v) is 7.74. The van der Waals surface area contributed by atoms with E-state index >= 15 is 0 Å². The fraction of sp³-hybridized carbons (Fsp3) is 0.600. The molecular formula is C15H22Cl2. The van der Waals surface area contributed by atoms with Crippen molar-refractivity contribution in [1.82, 2.24) is 0 Å². The molecule has 0 spiro atoms. The van der Waals surface area contributed by atoms with Crippen LogP contribution in [0, 0.1) is 0 Å². The minimum Gasteiger partial charge on any atom is -0.100 e. The van der Waals surface area contributed by atoms with Gasteiger partial charge in [-0.2, -0.15) is 0 Å². The zero-order valence-corrected chi connectivity index (χ0v) is 13.1. The lowest BCUT2D eigenvalue weighted by Crippen LogP contribution is -2.17. The molecule has 0 aliphatic carbocycles. The number of rotatable bonds is 1. The maximum Gasteiger partial charge on any atom is 0.132 e. The van der Waals surface area contributed by atoms with E-state index in [1.165, 1.54) is 11.1 Å². The molecule has 0 radical (unpaired) electrons. The lowest BCUT2D eigenvalue weighted by atomic mass is 9.80. The van der Waals surface area contributed by atoms with Gasteiger partial charge in [0.25, 0.3) is 0 Å². The van der Waals surface area contributed by atoms with Gasteiger partial charge in [-0.05, 0) is 27.5 Å². The Hall–Kier alpha value is -0.200. The van der Waals surface area contributed by atoms with Crippen molar-refractivity contribution in [2.45, 2.75) is 57.2 Å². The summed E-state index contributed by atoms with van der Waals surface area (Å²) in [5.74, 6) is 0. The van der Waals surface area contributed by atoms with Crippen molar-refractivity contribution in [1.29, 1.82) is 0 Å². The Labute approximate surface area is 115 Å². The minimum absolute atomic E-state index is 0.110. The molecule has 0 nitrogen and oxygen atoms in total. The first kappa shape index (κ1) is 14.9. The van der Waals surface area contributed by atoms with E-state index < -0.39 is 4.84 Å². The third-order valence-electron chi connectivity index (χ3n) is 2.94. The van der Waals surface area contributed by atoms with Gasteiger partial charge in [0, 0.05) is 0 Å². The van der Waals surface area contributed by atoms with E-state index in [1.807, 2.05) is 0 Å². The van der Waals surface area contributed by atoms with Crippen molar-refractivity contribution in [2.75, 3.05) is 0 Å². The van der Waals surface area contributed by atoms with Crippen LogP contribution >= 0.6 is 23.2 Å². The van der Waals surface area contributed by atoms with Gasteiger partial charge in [0.05, 0.1) is 0 Å². The molecule has 1 aromatic carbocycles. The van der Waals surface area contributed by atoms with Crippen LogP contribution in [0.1, 0.15) is 63.1 Å². The van der Waals surface area contributed by atoms with E-state index in [2.05, 4.69) is 59.7 Å². The predicted octanol–water partition coefficient (Wildman–Crippen LogP) is 5.76. The summed E-state index contributed by atoms with van der Waals surface area (Å²) in [5, 5.41) is 0. The van der Waals surface area contributed by atoms with Gasteiger partial charge < -0.3 is 0 Å². The van der Waals surface area contributed by atoms with Crippen molar-refractivity contribution in [3.63, 3.8) is 0 Å². The second-order valence-electron chi connectivity index (χ2n) is 6.64. The highest BCUT2D eigenvalue weighted by Crippen LogP contribution is 2.34. The first-order chi connectivity index (χ1) is 7.51. The van der Waals surface area contributed by atoms with E-state index in [1.54, 1.807) is 0 Å². The molecule has 0 fully saturated rings. The first-order valence-corrected chi connectivity index (χ1v) is 6.83. The van der Waals surface area contributed by atoms with Crippen LogP contribution in [0.15, 0.2) is 18.2 Å². The standard InChI is InChI=1S/C15H22Cl2/c1-14(2,3)11-7-10(13(16)17)8-12(9-11)15(4,5)6/h7-9,13H,1-6H3. The Morgan fingerprint density at radius 1 is 0.765 bits per heavy atom. The molecule has 0 atom stereocenters. The molecule has 0 heterocycles. The van der Waals surface area contributed by atoms with Crippen LogP contribution in [0.5, 0.6) is 0 Å². The number of hydrogen-bond donors (Lipinski definition) is 0. The van der Waals surface area contributed by atoms with Crippen molar-refractivity contribution < 1.29 is 0 Å². The monoisotopic (exact) mass is 272 g/mol. The van der Waals surface area contributed by atoms with Crippen LogP contribution in [0.2, 0.25) is 0 Å². The van der Waals surface area contributed by atoms with Gasteiger partial charge >= 0.3 is 0 Å². The van der Waals surface area contributed by atoms with Crippen molar-refractivity contribution in [2.24, 2.45) is 0 Å². The molecular weight excluding hydrogens is 251 g/mol. The van der Waals surface area contributed by atoms with Crippen molar-refractivity contribution in [3.05, 3.63) is 34.9 Å². The number of halogens is 2. The lowest BCUT2D eigenvalue weighted by Gasteiger charge is -2.26. The molecule has 2 heteroatoms. The van der Waals surface area contributed by atoms with Crippen LogP contribution in [-0.4, -0.2) is 0 Å². The molecule has 1 rings (SSSR count). The molecule has 0 saturated heterocycles.